The summed E-state index contributed by atoms with van der Waals surface area (Å²) in [5.41, 5.74) is 0. The molecule has 0 N–H and O–H groups in total. The molecule has 1 aliphatic rings. The molecule has 4 atom stereocenters. The molecule has 1 fully saturated rings. The molecular formula is C14H20O9. The van der Waals surface area contributed by atoms with Crippen molar-refractivity contribution < 1.29 is 42.9 Å². The molecule has 0 bridgehead atoms. The predicted octanol–water partition coefficient (Wildman–Crippen LogP) is 0.0910. The van der Waals surface area contributed by atoms with E-state index in [0.29, 0.717) is 0 Å². The fourth-order valence-corrected chi connectivity index (χ4v) is 2.16. The van der Waals surface area contributed by atoms with E-state index in [2.05, 4.69) is 0 Å². The Morgan fingerprint density at radius 3 is 1.91 bits per heavy atom. The first-order valence-electron chi connectivity index (χ1n) is 6.99. The summed E-state index contributed by atoms with van der Waals surface area (Å²) in [5.74, 6) is -2.36. The highest BCUT2D eigenvalue weighted by Gasteiger charge is 2.44. The van der Waals surface area contributed by atoms with Crippen LogP contribution in [0.4, 0.5) is 0 Å². The van der Waals surface area contributed by atoms with E-state index in [1.165, 1.54) is 27.7 Å². The average molecular weight is 332 g/mol. The Balaban J connectivity index is 2.94. The first kappa shape index (κ1) is 18.9. The molecule has 0 aromatic heterocycles. The van der Waals surface area contributed by atoms with Crippen LogP contribution in [-0.4, -0.2) is 55.1 Å². The highest BCUT2D eigenvalue weighted by atomic mass is 16.7. The Morgan fingerprint density at radius 1 is 0.870 bits per heavy atom. The minimum Gasteiger partial charge on any atom is -0.463 e. The van der Waals surface area contributed by atoms with Gasteiger partial charge in [-0.05, 0) is 0 Å². The smallest absolute Gasteiger partial charge is 0.304 e. The number of hydrogen-bond donors (Lipinski definition) is 0. The van der Waals surface area contributed by atoms with Crippen molar-refractivity contribution in [3.05, 3.63) is 0 Å². The number of rotatable bonds is 5. The number of hydrogen-bond acceptors (Lipinski definition) is 9. The maximum atomic E-state index is 11.3. The van der Waals surface area contributed by atoms with E-state index in [9.17, 15) is 19.2 Å². The lowest BCUT2D eigenvalue weighted by Gasteiger charge is -2.39. The summed E-state index contributed by atoms with van der Waals surface area (Å²) < 4.78 is 25.6. The Bertz CT molecular complexity index is 473. The van der Waals surface area contributed by atoms with Gasteiger partial charge in [-0.2, -0.15) is 0 Å². The van der Waals surface area contributed by atoms with E-state index in [1.54, 1.807) is 0 Å². The normalized spacial score (nSPS) is 26.8. The molecule has 1 saturated heterocycles. The lowest BCUT2D eigenvalue weighted by Crippen LogP contribution is -2.54. The van der Waals surface area contributed by atoms with Crippen LogP contribution in [-0.2, 0) is 42.9 Å². The second kappa shape index (κ2) is 8.47. The van der Waals surface area contributed by atoms with Crippen molar-refractivity contribution in [1.29, 1.82) is 0 Å². The summed E-state index contributed by atoms with van der Waals surface area (Å²) >= 11 is 0. The number of ether oxygens (including phenoxy) is 5. The molecule has 0 spiro atoms. The fourth-order valence-electron chi connectivity index (χ4n) is 2.16. The second-order valence-electron chi connectivity index (χ2n) is 4.97. The molecule has 1 rings (SSSR count). The molecule has 0 aromatic carbocycles. The van der Waals surface area contributed by atoms with Crippen LogP contribution in [0, 0.1) is 0 Å². The molecule has 0 aliphatic carbocycles. The third kappa shape index (κ3) is 6.64. The maximum absolute atomic E-state index is 11.3. The van der Waals surface area contributed by atoms with Crippen molar-refractivity contribution in [2.75, 3.05) is 6.61 Å². The van der Waals surface area contributed by atoms with Gasteiger partial charge in [0.1, 0.15) is 18.8 Å². The summed E-state index contributed by atoms with van der Waals surface area (Å²) in [7, 11) is 0. The molecule has 1 heterocycles. The highest BCUT2D eigenvalue weighted by molar-refractivity contribution is 5.68. The summed E-state index contributed by atoms with van der Waals surface area (Å²) in [6.07, 6.45) is -3.83. The van der Waals surface area contributed by atoms with Gasteiger partial charge < -0.3 is 23.7 Å². The number of carbonyl (C=O) groups excluding carboxylic acids is 4. The Morgan fingerprint density at radius 2 is 1.43 bits per heavy atom. The van der Waals surface area contributed by atoms with Gasteiger partial charge in [-0.15, -0.1) is 0 Å². The molecule has 23 heavy (non-hydrogen) atoms. The van der Waals surface area contributed by atoms with Crippen LogP contribution in [0.15, 0.2) is 0 Å². The third-order valence-electron chi connectivity index (χ3n) is 2.85. The SMILES string of the molecule is CC(=O)OC[C@H]1O[C@H](OC(C)=O)C[C@@H](OC(C)=O)[C@H]1OC(C)=O. The zero-order valence-corrected chi connectivity index (χ0v) is 13.4. The summed E-state index contributed by atoms with van der Waals surface area (Å²) in [6.45, 7) is 4.54. The van der Waals surface area contributed by atoms with Crippen LogP contribution in [0.1, 0.15) is 34.1 Å². The lowest BCUT2D eigenvalue weighted by atomic mass is 10.0. The quantitative estimate of drug-likeness (QED) is 0.510. The zero-order valence-electron chi connectivity index (χ0n) is 13.4. The minimum atomic E-state index is -1.01. The summed E-state index contributed by atoms with van der Waals surface area (Å²) in [5, 5.41) is 0. The van der Waals surface area contributed by atoms with E-state index in [0.717, 1.165) is 0 Å². The fraction of sp³-hybridized carbons (Fsp3) is 0.714. The van der Waals surface area contributed by atoms with E-state index in [4.69, 9.17) is 23.7 Å². The van der Waals surface area contributed by atoms with Crippen LogP contribution in [0.2, 0.25) is 0 Å². The van der Waals surface area contributed by atoms with E-state index < -0.39 is 48.5 Å². The van der Waals surface area contributed by atoms with E-state index in [-0.39, 0.29) is 13.0 Å². The monoisotopic (exact) mass is 332 g/mol. The summed E-state index contributed by atoms with van der Waals surface area (Å²) in [4.78, 5) is 44.6. The van der Waals surface area contributed by atoms with Crippen molar-refractivity contribution in [3.8, 4) is 0 Å². The van der Waals surface area contributed by atoms with E-state index in [1.807, 2.05) is 0 Å². The van der Waals surface area contributed by atoms with Gasteiger partial charge in [0.15, 0.2) is 6.10 Å². The number of carbonyl (C=O) groups is 4. The molecule has 1 aliphatic heterocycles. The van der Waals surface area contributed by atoms with Crippen molar-refractivity contribution >= 4 is 23.9 Å². The van der Waals surface area contributed by atoms with Gasteiger partial charge in [0, 0.05) is 27.7 Å². The Hall–Kier alpha value is -2.16. The minimum absolute atomic E-state index is 0.00627. The Labute approximate surface area is 133 Å². The molecule has 0 aromatic rings. The van der Waals surface area contributed by atoms with Crippen LogP contribution < -0.4 is 0 Å². The molecule has 9 nitrogen and oxygen atoms in total. The largest absolute Gasteiger partial charge is 0.463 e. The molecule has 0 radical (unpaired) electrons. The van der Waals surface area contributed by atoms with Gasteiger partial charge in [0.25, 0.3) is 0 Å². The molecule has 130 valence electrons. The van der Waals surface area contributed by atoms with Gasteiger partial charge in [-0.1, -0.05) is 0 Å². The van der Waals surface area contributed by atoms with Crippen LogP contribution in [0.3, 0.4) is 0 Å². The van der Waals surface area contributed by atoms with Crippen molar-refractivity contribution in [1.82, 2.24) is 0 Å². The second-order valence-corrected chi connectivity index (χ2v) is 4.97. The highest BCUT2D eigenvalue weighted by Crippen LogP contribution is 2.27. The summed E-state index contributed by atoms with van der Waals surface area (Å²) in [6, 6.07) is 0. The van der Waals surface area contributed by atoms with Gasteiger partial charge in [0.05, 0.1) is 6.42 Å². The first-order valence-corrected chi connectivity index (χ1v) is 6.99. The van der Waals surface area contributed by atoms with Crippen molar-refractivity contribution in [2.45, 2.75) is 58.7 Å². The third-order valence-corrected chi connectivity index (χ3v) is 2.85. The molecular weight excluding hydrogens is 312 g/mol. The van der Waals surface area contributed by atoms with Gasteiger partial charge in [0.2, 0.25) is 6.29 Å². The van der Waals surface area contributed by atoms with E-state index >= 15 is 0 Å². The zero-order chi connectivity index (χ0) is 17.6. The van der Waals surface area contributed by atoms with Crippen LogP contribution in [0.5, 0.6) is 0 Å². The van der Waals surface area contributed by atoms with Crippen molar-refractivity contribution in [2.24, 2.45) is 0 Å². The predicted molar refractivity (Wildman–Crippen MR) is 72.8 cm³/mol. The molecule has 0 unspecified atom stereocenters. The van der Waals surface area contributed by atoms with Gasteiger partial charge >= 0.3 is 23.9 Å². The lowest BCUT2D eigenvalue weighted by molar-refractivity contribution is -0.260. The maximum Gasteiger partial charge on any atom is 0.304 e. The van der Waals surface area contributed by atoms with Gasteiger partial charge in [-0.3, -0.25) is 19.2 Å². The molecule has 0 saturated carbocycles. The molecule has 9 heteroatoms. The topological polar surface area (TPSA) is 114 Å². The van der Waals surface area contributed by atoms with Crippen LogP contribution >= 0.6 is 0 Å². The molecule has 0 amide bonds. The Kier molecular flexibility index (Phi) is 6.95. The van der Waals surface area contributed by atoms with Crippen LogP contribution in [0.25, 0.3) is 0 Å². The van der Waals surface area contributed by atoms with Crippen molar-refractivity contribution in [3.63, 3.8) is 0 Å². The van der Waals surface area contributed by atoms with Gasteiger partial charge in [-0.25, -0.2) is 0 Å². The standard InChI is InChI=1S/C14H20O9/c1-7(15)19-6-12-14(22-10(4)18)11(20-8(2)16)5-13(23-12)21-9(3)17/h11-14H,5-6H2,1-4H3/t11-,12-,13+,14-/m1/s1. The number of esters is 4. The average Bonchev–Trinajstić information content (AvgIpc) is 2.37. The first-order chi connectivity index (χ1) is 10.7.